The average molecular weight is 215 g/mol. The lowest BCUT2D eigenvalue weighted by molar-refractivity contribution is 0.321. The summed E-state index contributed by atoms with van der Waals surface area (Å²) < 4.78 is 18.4. The first-order valence-corrected chi connectivity index (χ1v) is 5.01. The van der Waals surface area contributed by atoms with Crippen LogP contribution in [-0.4, -0.2) is 13.2 Å². The molecule has 0 aliphatic rings. The second-order valence-electron chi connectivity index (χ2n) is 2.87. The Kier molecular flexibility index (Phi) is 4.22. The third-order valence-electron chi connectivity index (χ3n) is 1.86. The third kappa shape index (κ3) is 2.62. The molecule has 1 aromatic carbocycles. The highest BCUT2D eigenvalue weighted by molar-refractivity contribution is 7.80. The second-order valence-corrected chi connectivity index (χ2v) is 3.50. The van der Waals surface area contributed by atoms with E-state index in [1.165, 1.54) is 6.07 Å². The summed E-state index contributed by atoms with van der Waals surface area (Å²) in [6, 6.07) is 4.79. The molecule has 0 saturated carbocycles. The van der Waals surface area contributed by atoms with Crippen molar-refractivity contribution in [3.63, 3.8) is 0 Å². The fourth-order valence-corrected chi connectivity index (χ4v) is 1.29. The molecule has 78 valence electrons. The fourth-order valence-electron chi connectivity index (χ4n) is 1.13. The Morgan fingerprint density at radius 2 is 2.29 bits per heavy atom. The molecule has 0 bridgehead atoms. The van der Waals surface area contributed by atoms with Crippen molar-refractivity contribution in [1.29, 1.82) is 0 Å². The van der Waals surface area contributed by atoms with Crippen molar-refractivity contribution in [2.24, 2.45) is 5.73 Å². The van der Waals surface area contributed by atoms with Crippen molar-refractivity contribution in [3.05, 3.63) is 29.6 Å². The molecule has 0 radical (unpaired) electrons. The monoisotopic (exact) mass is 215 g/mol. The van der Waals surface area contributed by atoms with Crippen molar-refractivity contribution < 1.29 is 9.13 Å². The Labute approximate surface area is 88.7 Å². The minimum absolute atomic E-state index is 0.125. The number of benzene rings is 1. The summed E-state index contributed by atoms with van der Waals surface area (Å²) in [6.45, 7) is 2.66. The van der Waals surface area contributed by atoms with E-state index in [1.807, 2.05) is 6.92 Å². The molecule has 0 aromatic heterocycles. The predicted octanol–water partition coefficient (Wildman–Crippen LogP) is 2.15. The molecule has 1 aromatic rings. The van der Waals surface area contributed by atoms with Crippen LogP contribution in [0.1, 0.15) is 17.7 Å². The van der Waals surface area contributed by atoms with Gasteiger partial charge in [-0.15, -0.1) is 0 Å². The van der Waals surface area contributed by atoms with Gasteiger partial charge in [-0.1, -0.05) is 6.07 Å². The van der Waals surface area contributed by atoms with Gasteiger partial charge in [-0.05, 0) is 24.6 Å². The van der Waals surface area contributed by atoms with E-state index in [1.54, 1.807) is 12.1 Å². The van der Waals surface area contributed by atoms with E-state index in [0.717, 1.165) is 5.56 Å². The molecule has 0 aliphatic heterocycles. The molecule has 2 nitrogen and oxygen atoms in total. The van der Waals surface area contributed by atoms with Crippen LogP contribution in [0.15, 0.2) is 18.2 Å². The normalized spacial score (nSPS) is 12.6. The summed E-state index contributed by atoms with van der Waals surface area (Å²) in [4.78, 5) is 0. The summed E-state index contributed by atoms with van der Waals surface area (Å²) in [5.74, 6) is -0.0920. The van der Waals surface area contributed by atoms with Crippen molar-refractivity contribution in [3.8, 4) is 5.75 Å². The van der Waals surface area contributed by atoms with Crippen LogP contribution in [0.2, 0.25) is 0 Å². The molecule has 1 rings (SSSR count). The van der Waals surface area contributed by atoms with Gasteiger partial charge in [-0.2, -0.15) is 12.6 Å². The third-order valence-corrected chi connectivity index (χ3v) is 2.37. The maximum atomic E-state index is 13.3. The molecule has 1 unspecified atom stereocenters. The van der Waals surface area contributed by atoms with E-state index >= 15 is 0 Å². The summed E-state index contributed by atoms with van der Waals surface area (Å²) in [5, 5.41) is -0.125. The molecule has 1 atom stereocenters. The first kappa shape index (κ1) is 11.3. The van der Waals surface area contributed by atoms with Crippen molar-refractivity contribution in [2.75, 3.05) is 13.2 Å². The lowest BCUT2D eigenvalue weighted by atomic mass is 10.1. The van der Waals surface area contributed by atoms with Crippen LogP contribution in [0.5, 0.6) is 5.75 Å². The van der Waals surface area contributed by atoms with E-state index in [2.05, 4.69) is 12.6 Å². The minimum atomic E-state index is -0.364. The Hall–Kier alpha value is -0.740. The van der Waals surface area contributed by atoms with Crippen LogP contribution >= 0.6 is 12.6 Å². The standard InChI is InChI=1S/C10H14FNOS/c1-2-13-9-4-3-7(5-8(9)11)10(14)6-12/h3-5,10,14H,2,6,12H2,1H3. The zero-order chi connectivity index (χ0) is 10.6. The number of nitrogens with two attached hydrogens (primary N) is 1. The van der Waals surface area contributed by atoms with Gasteiger partial charge in [0.1, 0.15) is 0 Å². The van der Waals surface area contributed by atoms with Gasteiger partial charge in [0.05, 0.1) is 6.61 Å². The first-order chi connectivity index (χ1) is 6.69. The van der Waals surface area contributed by atoms with Gasteiger partial charge < -0.3 is 10.5 Å². The van der Waals surface area contributed by atoms with Gasteiger partial charge in [0.2, 0.25) is 0 Å². The van der Waals surface area contributed by atoms with E-state index in [0.29, 0.717) is 13.2 Å². The molecular weight excluding hydrogens is 201 g/mol. The number of hydrogen-bond acceptors (Lipinski definition) is 3. The van der Waals surface area contributed by atoms with E-state index in [4.69, 9.17) is 10.5 Å². The molecular formula is C10H14FNOS. The van der Waals surface area contributed by atoms with Gasteiger partial charge >= 0.3 is 0 Å². The number of rotatable bonds is 4. The smallest absolute Gasteiger partial charge is 0.165 e. The van der Waals surface area contributed by atoms with Crippen molar-refractivity contribution in [2.45, 2.75) is 12.2 Å². The zero-order valence-electron chi connectivity index (χ0n) is 8.03. The topological polar surface area (TPSA) is 35.2 Å². The molecule has 0 fully saturated rings. The van der Waals surface area contributed by atoms with Gasteiger partial charge in [0, 0.05) is 11.8 Å². The highest BCUT2D eigenvalue weighted by Gasteiger charge is 2.08. The van der Waals surface area contributed by atoms with Crippen molar-refractivity contribution in [1.82, 2.24) is 0 Å². The van der Waals surface area contributed by atoms with Crippen LogP contribution in [0.3, 0.4) is 0 Å². The molecule has 0 aliphatic carbocycles. The quantitative estimate of drug-likeness (QED) is 0.755. The van der Waals surface area contributed by atoms with Crippen LogP contribution in [0.4, 0.5) is 4.39 Å². The van der Waals surface area contributed by atoms with E-state index < -0.39 is 0 Å². The molecule has 2 N–H and O–H groups in total. The van der Waals surface area contributed by atoms with Gasteiger partial charge in [0.25, 0.3) is 0 Å². The van der Waals surface area contributed by atoms with Crippen LogP contribution in [-0.2, 0) is 0 Å². The number of thiol groups is 1. The second kappa shape index (κ2) is 5.22. The summed E-state index contributed by atoms with van der Waals surface area (Å²) >= 11 is 4.22. The zero-order valence-corrected chi connectivity index (χ0v) is 8.93. The molecule has 0 heterocycles. The molecule has 0 saturated heterocycles. The maximum absolute atomic E-state index is 13.3. The van der Waals surface area contributed by atoms with Crippen LogP contribution < -0.4 is 10.5 Å². The van der Waals surface area contributed by atoms with Crippen LogP contribution in [0.25, 0.3) is 0 Å². The molecule has 14 heavy (non-hydrogen) atoms. The van der Waals surface area contributed by atoms with Gasteiger partial charge in [-0.3, -0.25) is 0 Å². The molecule has 0 spiro atoms. The first-order valence-electron chi connectivity index (χ1n) is 4.49. The van der Waals surface area contributed by atoms with Gasteiger partial charge in [0.15, 0.2) is 11.6 Å². The van der Waals surface area contributed by atoms with Crippen molar-refractivity contribution >= 4 is 12.6 Å². The highest BCUT2D eigenvalue weighted by atomic mass is 32.1. The highest BCUT2D eigenvalue weighted by Crippen LogP contribution is 2.24. The fraction of sp³-hybridized carbons (Fsp3) is 0.400. The summed E-state index contributed by atoms with van der Waals surface area (Å²) in [7, 11) is 0. The minimum Gasteiger partial charge on any atom is -0.491 e. The molecule has 4 heteroatoms. The Bertz CT molecular complexity index is 306. The molecule has 0 amide bonds. The summed E-state index contributed by atoms with van der Waals surface area (Å²) in [6.07, 6.45) is 0. The lowest BCUT2D eigenvalue weighted by Gasteiger charge is -2.10. The maximum Gasteiger partial charge on any atom is 0.165 e. The average Bonchev–Trinajstić information content (AvgIpc) is 2.20. The van der Waals surface area contributed by atoms with E-state index in [9.17, 15) is 4.39 Å². The number of ether oxygens (including phenoxy) is 1. The predicted molar refractivity (Wildman–Crippen MR) is 58.4 cm³/mol. The van der Waals surface area contributed by atoms with Gasteiger partial charge in [-0.25, -0.2) is 4.39 Å². The van der Waals surface area contributed by atoms with Crippen LogP contribution in [0, 0.1) is 5.82 Å². The largest absolute Gasteiger partial charge is 0.491 e. The Balaban J connectivity index is 2.88. The Morgan fingerprint density at radius 3 is 2.79 bits per heavy atom. The SMILES string of the molecule is CCOc1ccc(C(S)CN)cc1F. The van der Waals surface area contributed by atoms with E-state index in [-0.39, 0.29) is 16.8 Å². The lowest BCUT2D eigenvalue weighted by Crippen LogP contribution is -2.07. The Morgan fingerprint density at radius 1 is 1.57 bits per heavy atom. The summed E-state index contributed by atoms with van der Waals surface area (Å²) in [5.41, 5.74) is 6.20. The number of halogens is 1. The number of hydrogen-bond donors (Lipinski definition) is 2.